The van der Waals surface area contributed by atoms with E-state index in [0.29, 0.717) is 11.2 Å². The lowest BCUT2D eigenvalue weighted by atomic mass is 9.84. The van der Waals surface area contributed by atoms with Crippen LogP contribution in [0.25, 0.3) is 0 Å². The summed E-state index contributed by atoms with van der Waals surface area (Å²) in [7, 11) is 0. The van der Waals surface area contributed by atoms with Crippen molar-refractivity contribution >= 4 is 27.8 Å². The lowest BCUT2D eigenvalue weighted by Gasteiger charge is -2.32. The minimum atomic E-state index is -0.345. The summed E-state index contributed by atoms with van der Waals surface area (Å²) in [6.45, 7) is 0.253. The Kier molecular flexibility index (Phi) is 5.36. The van der Waals surface area contributed by atoms with E-state index < -0.39 is 0 Å². The zero-order chi connectivity index (χ0) is 16.2. The number of benzene rings is 1. The van der Waals surface area contributed by atoms with Crippen LogP contribution in [0.4, 0.5) is 4.79 Å². The number of rotatable bonds is 4. The van der Waals surface area contributed by atoms with E-state index in [0.717, 1.165) is 31.2 Å². The van der Waals surface area contributed by atoms with Crippen LogP contribution in [0, 0.1) is 5.92 Å². The van der Waals surface area contributed by atoms with E-state index >= 15 is 0 Å². The fourth-order valence-corrected chi connectivity index (χ4v) is 4.27. The van der Waals surface area contributed by atoms with Crippen LogP contribution in [0.15, 0.2) is 30.3 Å². The van der Waals surface area contributed by atoms with Gasteiger partial charge in [-0.05, 0) is 30.7 Å². The molecular weight excluding hydrogens is 358 g/mol. The van der Waals surface area contributed by atoms with Gasteiger partial charge in [0.1, 0.15) is 6.61 Å². The van der Waals surface area contributed by atoms with E-state index in [4.69, 9.17) is 4.74 Å². The van der Waals surface area contributed by atoms with Gasteiger partial charge in [-0.2, -0.15) is 0 Å². The third-order valence-corrected chi connectivity index (χ3v) is 5.56. The molecule has 0 radical (unpaired) electrons. The number of ketones is 1. The van der Waals surface area contributed by atoms with Crippen molar-refractivity contribution < 1.29 is 14.3 Å². The van der Waals surface area contributed by atoms with Crippen molar-refractivity contribution in [2.24, 2.45) is 5.92 Å². The molecule has 1 saturated carbocycles. The third-order valence-electron chi connectivity index (χ3n) is 5.01. The van der Waals surface area contributed by atoms with Gasteiger partial charge in [0, 0.05) is 6.04 Å². The summed E-state index contributed by atoms with van der Waals surface area (Å²) >= 11 is 3.25. The second-order valence-electron chi connectivity index (χ2n) is 6.41. The van der Waals surface area contributed by atoms with Gasteiger partial charge in [-0.3, -0.25) is 9.69 Å². The smallest absolute Gasteiger partial charge is 0.410 e. The molecule has 3 unspecified atom stereocenters. The summed E-state index contributed by atoms with van der Waals surface area (Å²) in [5.74, 6) is 0.525. The Balaban J connectivity index is 1.70. The molecule has 1 heterocycles. The topological polar surface area (TPSA) is 46.6 Å². The average Bonchev–Trinajstić information content (AvgIpc) is 2.99. The van der Waals surface area contributed by atoms with Gasteiger partial charge in [0.15, 0.2) is 5.78 Å². The molecule has 0 spiro atoms. The zero-order valence-corrected chi connectivity index (χ0v) is 14.7. The van der Waals surface area contributed by atoms with Crippen molar-refractivity contribution in [3.8, 4) is 0 Å². The molecule has 5 heteroatoms. The Hall–Kier alpha value is -1.36. The number of hydrogen-bond acceptors (Lipinski definition) is 3. The Labute approximate surface area is 145 Å². The van der Waals surface area contributed by atoms with Gasteiger partial charge < -0.3 is 4.74 Å². The predicted octanol–water partition coefficient (Wildman–Crippen LogP) is 3.92. The third kappa shape index (κ3) is 3.60. The highest BCUT2D eigenvalue weighted by atomic mass is 79.9. The molecule has 3 atom stereocenters. The van der Waals surface area contributed by atoms with Crippen LogP contribution >= 0.6 is 15.9 Å². The standard InChI is InChI=1S/C18H22BrNO3/c19-11-17(21)16-10-14-8-4-5-9-15(14)20(16)18(22)23-12-13-6-2-1-3-7-13/h1-3,6-7,14-16H,4-5,8-12H2. The molecule has 0 N–H and O–H groups in total. The Morgan fingerprint density at radius 2 is 1.91 bits per heavy atom. The zero-order valence-electron chi connectivity index (χ0n) is 13.1. The number of carbonyl (C=O) groups is 2. The van der Waals surface area contributed by atoms with E-state index in [1.165, 1.54) is 6.42 Å². The molecule has 3 rings (SSSR count). The number of carbonyl (C=O) groups excluding carboxylic acids is 2. The Bertz CT molecular complexity index is 563. The fraction of sp³-hybridized carbons (Fsp3) is 0.556. The molecule has 1 aromatic rings. The monoisotopic (exact) mass is 379 g/mol. The highest BCUT2D eigenvalue weighted by molar-refractivity contribution is 9.09. The summed E-state index contributed by atoms with van der Waals surface area (Å²) in [6.07, 6.45) is 4.86. The summed E-state index contributed by atoms with van der Waals surface area (Å²) in [4.78, 5) is 26.6. The minimum Gasteiger partial charge on any atom is -0.445 e. The molecule has 1 aliphatic carbocycles. The molecule has 1 aromatic carbocycles. The molecule has 4 nitrogen and oxygen atoms in total. The maximum Gasteiger partial charge on any atom is 0.410 e. The number of amides is 1. The number of nitrogens with zero attached hydrogens (tertiary/aromatic N) is 1. The van der Waals surface area contributed by atoms with Gasteiger partial charge in [-0.1, -0.05) is 59.1 Å². The summed E-state index contributed by atoms with van der Waals surface area (Å²) in [5.41, 5.74) is 0.962. The normalized spacial score (nSPS) is 26.7. The van der Waals surface area contributed by atoms with Crippen molar-refractivity contribution in [1.82, 2.24) is 4.90 Å². The minimum absolute atomic E-state index is 0.0797. The molecular formula is C18H22BrNO3. The number of likely N-dealkylation sites (tertiary alicyclic amines) is 1. The molecule has 23 heavy (non-hydrogen) atoms. The van der Waals surface area contributed by atoms with Gasteiger partial charge >= 0.3 is 6.09 Å². The first-order valence-corrected chi connectivity index (χ1v) is 9.40. The van der Waals surface area contributed by atoms with Crippen molar-refractivity contribution in [3.05, 3.63) is 35.9 Å². The van der Waals surface area contributed by atoms with Gasteiger partial charge in [-0.25, -0.2) is 4.79 Å². The molecule has 1 aliphatic heterocycles. The highest BCUT2D eigenvalue weighted by Gasteiger charge is 2.47. The average molecular weight is 380 g/mol. The number of halogens is 1. The van der Waals surface area contributed by atoms with Crippen LogP contribution in [-0.4, -0.2) is 34.2 Å². The second kappa shape index (κ2) is 7.47. The SMILES string of the molecule is O=C(CBr)C1CC2CCCCC2N1C(=O)OCc1ccccc1. The summed E-state index contributed by atoms with van der Waals surface area (Å²) < 4.78 is 5.51. The number of ether oxygens (including phenoxy) is 1. The van der Waals surface area contributed by atoms with Crippen molar-refractivity contribution in [3.63, 3.8) is 0 Å². The van der Waals surface area contributed by atoms with Crippen LogP contribution in [0.5, 0.6) is 0 Å². The van der Waals surface area contributed by atoms with Gasteiger partial charge in [-0.15, -0.1) is 0 Å². The molecule has 0 aromatic heterocycles. The number of hydrogen-bond donors (Lipinski definition) is 0. The molecule has 2 fully saturated rings. The lowest BCUT2D eigenvalue weighted by molar-refractivity contribution is -0.120. The van der Waals surface area contributed by atoms with E-state index in [1.54, 1.807) is 4.90 Å². The molecule has 124 valence electrons. The highest BCUT2D eigenvalue weighted by Crippen LogP contribution is 2.40. The van der Waals surface area contributed by atoms with Crippen molar-refractivity contribution in [2.75, 3.05) is 5.33 Å². The number of alkyl halides is 1. The predicted molar refractivity (Wildman–Crippen MR) is 91.4 cm³/mol. The molecule has 0 bridgehead atoms. The van der Waals surface area contributed by atoms with Crippen LogP contribution in [0.3, 0.4) is 0 Å². The number of Topliss-reactive ketones (excluding diaryl/α,β-unsaturated/α-hetero) is 1. The van der Waals surface area contributed by atoms with Gasteiger partial charge in [0.05, 0.1) is 11.4 Å². The lowest BCUT2D eigenvalue weighted by Crippen LogP contribution is -2.46. The quantitative estimate of drug-likeness (QED) is 0.744. The first-order chi connectivity index (χ1) is 11.2. The second-order valence-corrected chi connectivity index (χ2v) is 6.97. The Morgan fingerprint density at radius 3 is 2.65 bits per heavy atom. The first-order valence-electron chi connectivity index (χ1n) is 8.28. The van der Waals surface area contributed by atoms with E-state index in [2.05, 4.69) is 15.9 Å². The van der Waals surface area contributed by atoms with Gasteiger partial charge in [0.2, 0.25) is 0 Å². The van der Waals surface area contributed by atoms with Crippen LogP contribution in [0.1, 0.15) is 37.7 Å². The van der Waals surface area contributed by atoms with E-state index in [9.17, 15) is 9.59 Å². The maximum absolute atomic E-state index is 12.6. The van der Waals surface area contributed by atoms with Crippen LogP contribution < -0.4 is 0 Å². The first kappa shape index (κ1) is 16.5. The summed E-state index contributed by atoms with van der Waals surface area (Å²) in [6, 6.07) is 9.48. The molecule has 1 amide bonds. The van der Waals surface area contributed by atoms with E-state index in [-0.39, 0.29) is 30.6 Å². The Morgan fingerprint density at radius 1 is 1.17 bits per heavy atom. The van der Waals surface area contributed by atoms with Crippen LogP contribution in [-0.2, 0) is 16.1 Å². The molecule has 1 saturated heterocycles. The van der Waals surface area contributed by atoms with Gasteiger partial charge in [0.25, 0.3) is 0 Å². The summed E-state index contributed by atoms with van der Waals surface area (Å²) in [5, 5.41) is 0.291. The van der Waals surface area contributed by atoms with Crippen molar-refractivity contribution in [2.45, 2.75) is 50.8 Å². The van der Waals surface area contributed by atoms with Crippen molar-refractivity contribution in [1.29, 1.82) is 0 Å². The largest absolute Gasteiger partial charge is 0.445 e. The number of fused-ring (bicyclic) bond motifs is 1. The van der Waals surface area contributed by atoms with Crippen LogP contribution in [0.2, 0.25) is 0 Å². The van der Waals surface area contributed by atoms with E-state index in [1.807, 2.05) is 30.3 Å². The molecule has 2 aliphatic rings. The maximum atomic E-state index is 12.6. The fourth-order valence-electron chi connectivity index (χ4n) is 3.89.